The van der Waals surface area contributed by atoms with Crippen molar-refractivity contribution in [2.45, 2.75) is 13.5 Å². The number of hydrogen-bond acceptors (Lipinski definition) is 3. The maximum atomic E-state index is 6.02. The lowest BCUT2D eigenvalue weighted by Crippen LogP contribution is -2.24. The van der Waals surface area contributed by atoms with Crippen molar-refractivity contribution in [3.8, 4) is 17.0 Å². The van der Waals surface area contributed by atoms with Gasteiger partial charge in [0.2, 0.25) is 0 Å². The van der Waals surface area contributed by atoms with E-state index in [0.717, 1.165) is 30.1 Å². The minimum Gasteiger partial charge on any atom is -0.492 e. The summed E-state index contributed by atoms with van der Waals surface area (Å²) in [6, 6.07) is 8.25. The summed E-state index contributed by atoms with van der Waals surface area (Å²) in [5.41, 5.74) is 3.31. The molecule has 23 heavy (non-hydrogen) atoms. The molecule has 0 fully saturated rings. The van der Waals surface area contributed by atoms with Crippen LogP contribution in [0.3, 0.4) is 0 Å². The number of aromatic nitrogens is 2. The molecule has 0 bridgehead atoms. The van der Waals surface area contributed by atoms with Crippen molar-refractivity contribution in [3.05, 3.63) is 61.3 Å². The van der Waals surface area contributed by atoms with Crippen LogP contribution in [0.25, 0.3) is 11.3 Å². The summed E-state index contributed by atoms with van der Waals surface area (Å²) in [6.45, 7) is 12.6. The van der Waals surface area contributed by atoms with E-state index in [4.69, 9.17) is 4.74 Å². The van der Waals surface area contributed by atoms with Gasteiger partial charge in [0.1, 0.15) is 12.4 Å². The molecule has 122 valence electrons. The molecule has 0 aliphatic carbocycles. The number of allylic oxidation sites excluding steroid dienone is 1. The van der Waals surface area contributed by atoms with Gasteiger partial charge < -0.3 is 4.74 Å². The molecule has 4 heteroatoms. The van der Waals surface area contributed by atoms with E-state index in [2.05, 4.69) is 49.3 Å². The van der Waals surface area contributed by atoms with Gasteiger partial charge in [-0.05, 0) is 32.2 Å². The smallest absolute Gasteiger partial charge is 0.128 e. The summed E-state index contributed by atoms with van der Waals surface area (Å²) < 4.78 is 7.95. The molecule has 0 saturated heterocycles. The van der Waals surface area contributed by atoms with Crippen LogP contribution in [0.4, 0.5) is 0 Å². The highest BCUT2D eigenvalue weighted by Crippen LogP contribution is 2.31. The predicted octanol–water partition coefficient (Wildman–Crippen LogP) is 3.54. The summed E-state index contributed by atoms with van der Waals surface area (Å²) in [5.74, 6) is 0.883. The minimum atomic E-state index is 0.635. The fraction of sp³-hybridized carbons (Fsp3) is 0.316. The van der Waals surface area contributed by atoms with Crippen molar-refractivity contribution >= 4 is 0 Å². The van der Waals surface area contributed by atoms with Crippen LogP contribution in [0.2, 0.25) is 0 Å². The van der Waals surface area contributed by atoms with Gasteiger partial charge in [0.05, 0.1) is 12.2 Å². The average molecular weight is 311 g/mol. The summed E-state index contributed by atoms with van der Waals surface area (Å²) in [6.07, 6.45) is 5.55. The van der Waals surface area contributed by atoms with E-state index in [-0.39, 0.29) is 0 Å². The fourth-order valence-corrected chi connectivity index (χ4v) is 2.42. The van der Waals surface area contributed by atoms with E-state index >= 15 is 0 Å². The van der Waals surface area contributed by atoms with Crippen LogP contribution < -0.4 is 4.74 Å². The van der Waals surface area contributed by atoms with Crippen molar-refractivity contribution in [2.24, 2.45) is 0 Å². The predicted molar refractivity (Wildman–Crippen MR) is 95.8 cm³/mol. The Balaban J connectivity index is 2.18. The number of rotatable bonds is 9. The van der Waals surface area contributed by atoms with E-state index in [0.29, 0.717) is 13.2 Å². The summed E-state index contributed by atoms with van der Waals surface area (Å²) in [5, 5.41) is 4.36. The van der Waals surface area contributed by atoms with Gasteiger partial charge in [-0.15, -0.1) is 13.2 Å². The first-order valence-corrected chi connectivity index (χ1v) is 7.81. The van der Waals surface area contributed by atoms with Crippen molar-refractivity contribution < 1.29 is 4.74 Å². The second-order valence-electron chi connectivity index (χ2n) is 5.59. The number of benzene rings is 1. The van der Waals surface area contributed by atoms with Crippen molar-refractivity contribution in [1.29, 1.82) is 0 Å². The molecule has 0 amide bonds. The van der Waals surface area contributed by atoms with Gasteiger partial charge >= 0.3 is 0 Å². The number of nitrogens with zero attached hydrogens (tertiary/aromatic N) is 3. The molecule has 0 aliphatic heterocycles. The van der Waals surface area contributed by atoms with Crippen molar-refractivity contribution in [3.63, 3.8) is 0 Å². The first-order valence-electron chi connectivity index (χ1n) is 7.81. The zero-order chi connectivity index (χ0) is 16.7. The van der Waals surface area contributed by atoms with E-state index in [1.165, 1.54) is 5.56 Å². The minimum absolute atomic E-state index is 0.635. The number of ether oxygens (including phenoxy) is 1. The number of hydrogen-bond donors (Lipinski definition) is 0. The third kappa shape index (κ3) is 4.57. The van der Waals surface area contributed by atoms with Gasteiger partial charge in [-0.2, -0.15) is 5.10 Å². The largest absolute Gasteiger partial charge is 0.492 e. The van der Waals surface area contributed by atoms with Gasteiger partial charge in [0.15, 0.2) is 0 Å². The van der Waals surface area contributed by atoms with E-state index in [1.807, 2.05) is 35.2 Å². The van der Waals surface area contributed by atoms with Gasteiger partial charge in [-0.1, -0.05) is 23.8 Å². The highest BCUT2D eigenvalue weighted by molar-refractivity contribution is 5.68. The molecule has 0 N–H and O–H groups in total. The molecule has 2 aromatic rings. The molecule has 0 atom stereocenters. The molecule has 1 aromatic carbocycles. The van der Waals surface area contributed by atoms with Gasteiger partial charge in [0, 0.05) is 24.8 Å². The first kappa shape index (κ1) is 17.0. The maximum absolute atomic E-state index is 6.02. The first-order chi connectivity index (χ1) is 11.2. The Morgan fingerprint density at radius 3 is 2.83 bits per heavy atom. The molecular formula is C19H25N3O. The third-order valence-electron chi connectivity index (χ3n) is 3.60. The molecule has 0 unspecified atom stereocenters. The van der Waals surface area contributed by atoms with Gasteiger partial charge in [-0.25, -0.2) is 0 Å². The topological polar surface area (TPSA) is 30.3 Å². The molecule has 0 aliphatic rings. The Labute approximate surface area is 138 Å². The highest BCUT2D eigenvalue weighted by atomic mass is 16.5. The standard InChI is InChI=1S/C19H25N3O/c1-5-11-21(4)13-14-23-19-8-7-16(3)15-17(19)18-9-10-20-22(18)12-6-2/h5-10,15H,1-2,11-14H2,3-4H3. The average Bonchev–Trinajstić information content (AvgIpc) is 2.97. The number of aryl methyl sites for hydroxylation is 1. The van der Waals surface area contributed by atoms with Crippen LogP contribution in [0.1, 0.15) is 5.56 Å². The molecule has 0 spiro atoms. The molecule has 4 nitrogen and oxygen atoms in total. The highest BCUT2D eigenvalue weighted by Gasteiger charge is 2.11. The molecule has 1 aromatic heterocycles. The van der Waals surface area contributed by atoms with Crippen molar-refractivity contribution in [2.75, 3.05) is 26.7 Å². The monoisotopic (exact) mass is 311 g/mol. The van der Waals surface area contributed by atoms with E-state index in [9.17, 15) is 0 Å². The number of likely N-dealkylation sites (N-methyl/N-ethyl adjacent to an activating group) is 1. The lowest BCUT2D eigenvalue weighted by Gasteiger charge is -2.17. The fourth-order valence-electron chi connectivity index (χ4n) is 2.42. The Kier molecular flexibility index (Phi) is 6.18. The lowest BCUT2D eigenvalue weighted by atomic mass is 10.1. The third-order valence-corrected chi connectivity index (χ3v) is 3.60. The van der Waals surface area contributed by atoms with E-state index < -0.39 is 0 Å². The normalized spacial score (nSPS) is 10.7. The SMILES string of the molecule is C=CCN(C)CCOc1ccc(C)cc1-c1ccnn1CC=C. The van der Waals surface area contributed by atoms with Gasteiger partial charge in [-0.3, -0.25) is 9.58 Å². The molecule has 2 rings (SSSR count). The Morgan fingerprint density at radius 1 is 1.26 bits per heavy atom. The summed E-state index contributed by atoms with van der Waals surface area (Å²) in [7, 11) is 2.06. The second kappa shape index (κ2) is 8.34. The summed E-state index contributed by atoms with van der Waals surface area (Å²) >= 11 is 0. The van der Waals surface area contributed by atoms with Crippen molar-refractivity contribution in [1.82, 2.24) is 14.7 Å². The molecule has 0 radical (unpaired) electrons. The van der Waals surface area contributed by atoms with Crippen LogP contribution in [-0.4, -0.2) is 41.4 Å². The van der Waals surface area contributed by atoms with E-state index in [1.54, 1.807) is 0 Å². The van der Waals surface area contributed by atoms with Crippen LogP contribution in [0.15, 0.2) is 55.8 Å². The quantitative estimate of drug-likeness (QED) is 0.664. The van der Waals surface area contributed by atoms with Gasteiger partial charge in [0.25, 0.3) is 0 Å². The Morgan fingerprint density at radius 2 is 2.09 bits per heavy atom. The summed E-state index contributed by atoms with van der Waals surface area (Å²) in [4.78, 5) is 2.17. The zero-order valence-electron chi connectivity index (χ0n) is 14.0. The molecule has 0 saturated carbocycles. The maximum Gasteiger partial charge on any atom is 0.128 e. The molecular weight excluding hydrogens is 286 g/mol. The zero-order valence-corrected chi connectivity index (χ0v) is 14.0. The van der Waals surface area contributed by atoms with Crippen LogP contribution in [0.5, 0.6) is 5.75 Å². The Bertz CT molecular complexity index is 660. The lowest BCUT2D eigenvalue weighted by molar-refractivity contribution is 0.250. The van der Waals surface area contributed by atoms with Crippen LogP contribution in [0, 0.1) is 6.92 Å². The molecule has 1 heterocycles. The van der Waals surface area contributed by atoms with Crippen LogP contribution in [-0.2, 0) is 6.54 Å². The van der Waals surface area contributed by atoms with Crippen LogP contribution >= 0.6 is 0 Å². The Hall–Kier alpha value is -2.33. The second-order valence-corrected chi connectivity index (χ2v) is 5.59.